The highest BCUT2D eigenvalue weighted by molar-refractivity contribution is 6.07. The zero-order valence-electron chi connectivity index (χ0n) is 8.02. The van der Waals surface area contributed by atoms with E-state index < -0.39 is 17.4 Å². The van der Waals surface area contributed by atoms with Crippen LogP contribution in [-0.4, -0.2) is 15.8 Å². The highest BCUT2D eigenvalue weighted by atomic mass is 19.2. The Morgan fingerprint density at radius 1 is 1.19 bits per heavy atom. The lowest BCUT2D eigenvalue weighted by atomic mass is 10.1. The second-order valence-corrected chi connectivity index (χ2v) is 3.03. The summed E-state index contributed by atoms with van der Waals surface area (Å²) in [5.41, 5.74) is -0.307. The van der Waals surface area contributed by atoms with Crippen molar-refractivity contribution in [2.75, 3.05) is 0 Å². The molecule has 0 spiro atoms. The van der Waals surface area contributed by atoms with Gasteiger partial charge in [-0.2, -0.15) is 0 Å². The van der Waals surface area contributed by atoms with Crippen LogP contribution in [0.25, 0.3) is 0 Å². The van der Waals surface area contributed by atoms with Crippen LogP contribution in [0.5, 0.6) is 0 Å². The van der Waals surface area contributed by atoms with Crippen molar-refractivity contribution >= 4 is 5.78 Å². The van der Waals surface area contributed by atoms with Crippen molar-refractivity contribution in [3.63, 3.8) is 0 Å². The molecule has 0 saturated carbocycles. The fourth-order valence-electron chi connectivity index (χ4n) is 1.24. The zero-order chi connectivity index (χ0) is 11.5. The van der Waals surface area contributed by atoms with Crippen molar-refractivity contribution in [2.24, 2.45) is 0 Å². The van der Waals surface area contributed by atoms with E-state index in [0.717, 1.165) is 6.07 Å². The van der Waals surface area contributed by atoms with Gasteiger partial charge in [0.1, 0.15) is 12.0 Å². The summed E-state index contributed by atoms with van der Waals surface area (Å²) in [4.78, 5) is 19.0. The molecule has 0 aliphatic rings. The summed E-state index contributed by atoms with van der Waals surface area (Å²) in [6.45, 7) is 0. The van der Waals surface area contributed by atoms with Gasteiger partial charge >= 0.3 is 0 Å². The molecule has 1 aromatic carbocycles. The SMILES string of the molecule is O=C(c1ccncn1)c1cccc(F)c1F. The van der Waals surface area contributed by atoms with E-state index in [2.05, 4.69) is 9.97 Å². The van der Waals surface area contributed by atoms with Crippen LogP contribution in [-0.2, 0) is 0 Å². The molecule has 0 atom stereocenters. The molecule has 0 saturated heterocycles. The Balaban J connectivity index is 2.46. The second kappa shape index (κ2) is 4.14. The Morgan fingerprint density at radius 2 is 2.00 bits per heavy atom. The summed E-state index contributed by atoms with van der Waals surface area (Å²) in [6, 6.07) is 4.77. The summed E-state index contributed by atoms with van der Waals surface area (Å²) >= 11 is 0. The Bertz CT molecular complexity index is 529. The molecule has 0 bridgehead atoms. The first-order valence-corrected chi connectivity index (χ1v) is 4.45. The zero-order valence-corrected chi connectivity index (χ0v) is 8.02. The minimum absolute atomic E-state index is 0.0273. The maximum absolute atomic E-state index is 13.3. The first-order valence-electron chi connectivity index (χ1n) is 4.45. The van der Waals surface area contributed by atoms with Gasteiger partial charge in [0.25, 0.3) is 0 Å². The first kappa shape index (κ1) is 10.4. The summed E-state index contributed by atoms with van der Waals surface area (Å²) in [7, 11) is 0. The summed E-state index contributed by atoms with van der Waals surface area (Å²) in [5.74, 6) is -2.88. The molecule has 0 aliphatic heterocycles. The van der Waals surface area contributed by atoms with Crippen molar-refractivity contribution < 1.29 is 13.6 Å². The normalized spacial score (nSPS) is 10.1. The number of rotatable bonds is 2. The number of benzene rings is 1. The fourth-order valence-corrected chi connectivity index (χ4v) is 1.24. The number of nitrogens with zero attached hydrogens (tertiary/aromatic N) is 2. The van der Waals surface area contributed by atoms with Crippen molar-refractivity contribution in [1.82, 2.24) is 9.97 Å². The van der Waals surface area contributed by atoms with Gasteiger partial charge in [-0.3, -0.25) is 4.79 Å². The van der Waals surface area contributed by atoms with Crippen molar-refractivity contribution in [3.8, 4) is 0 Å². The van der Waals surface area contributed by atoms with E-state index in [1.165, 1.54) is 30.7 Å². The van der Waals surface area contributed by atoms with E-state index in [9.17, 15) is 13.6 Å². The molecule has 0 aliphatic carbocycles. The molecular formula is C11H6F2N2O. The average Bonchev–Trinajstić information content (AvgIpc) is 2.33. The number of aromatic nitrogens is 2. The van der Waals surface area contributed by atoms with Gasteiger partial charge in [-0.05, 0) is 18.2 Å². The third-order valence-electron chi connectivity index (χ3n) is 2.01. The predicted octanol–water partition coefficient (Wildman–Crippen LogP) is 1.99. The lowest BCUT2D eigenvalue weighted by molar-refractivity contribution is 0.102. The molecule has 0 unspecified atom stereocenters. The molecule has 2 aromatic rings. The third kappa shape index (κ3) is 1.79. The van der Waals surface area contributed by atoms with E-state index in [1.807, 2.05) is 0 Å². The minimum Gasteiger partial charge on any atom is -0.287 e. The van der Waals surface area contributed by atoms with E-state index in [1.54, 1.807) is 0 Å². The van der Waals surface area contributed by atoms with Crippen LogP contribution in [0, 0.1) is 11.6 Å². The van der Waals surface area contributed by atoms with Gasteiger partial charge < -0.3 is 0 Å². The molecule has 0 radical (unpaired) electrons. The number of hydrogen-bond donors (Lipinski definition) is 0. The van der Waals surface area contributed by atoms with Crippen molar-refractivity contribution in [3.05, 3.63) is 59.7 Å². The second-order valence-electron chi connectivity index (χ2n) is 3.03. The molecule has 16 heavy (non-hydrogen) atoms. The van der Waals surface area contributed by atoms with E-state index in [0.29, 0.717) is 0 Å². The third-order valence-corrected chi connectivity index (χ3v) is 2.01. The first-order chi connectivity index (χ1) is 7.70. The molecule has 0 N–H and O–H groups in total. The molecule has 2 rings (SSSR count). The average molecular weight is 220 g/mol. The number of carbonyl (C=O) groups excluding carboxylic acids is 1. The van der Waals surface area contributed by atoms with Gasteiger partial charge in [0.2, 0.25) is 5.78 Å². The van der Waals surface area contributed by atoms with Crippen molar-refractivity contribution in [1.29, 1.82) is 0 Å². The van der Waals surface area contributed by atoms with Crippen LogP contribution in [0.3, 0.4) is 0 Å². The summed E-state index contributed by atoms with van der Waals surface area (Å²) in [5, 5.41) is 0. The van der Waals surface area contributed by atoms with Crippen LogP contribution in [0.2, 0.25) is 0 Å². The Hall–Kier alpha value is -2.17. The topological polar surface area (TPSA) is 42.9 Å². The number of halogens is 2. The number of ketones is 1. The largest absolute Gasteiger partial charge is 0.287 e. The monoisotopic (exact) mass is 220 g/mol. The highest BCUT2D eigenvalue weighted by Crippen LogP contribution is 2.14. The van der Waals surface area contributed by atoms with Gasteiger partial charge in [-0.15, -0.1) is 0 Å². The maximum Gasteiger partial charge on any atom is 0.214 e. The smallest absolute Gasteiger partial charge is 0.214 e. The molecule has 0 amide bonds. The van der Waals surface area contributed by atoms with Crippen LogP contribution in [0.4, 0.5) is 8.78 Å². The van der Waals surface area contributed by atoms with Crippen LogP contribution < -0.4 is 0 Å². The molecule has 3 nitrogen and oxygen atoms in total. The maximum atomic E-state index is 13.3. The molecule has 1 aromatic heterocycles. The molecule has 5 heteroatoms. The van der Waals surface area contributed by atoms with E-state index in [-0.39, 0.29) is 11.3 Å². The summed E-state index contributed by atoms with van der Waals surface area (Å²) < 4.78 is 26.2. The molecule has 80 valence electrons. The van der Waals surface area contributed by atoms with Gasteiger partial charge in [-0.1, -0.05) is 6.07 Å². The van der Waals surface area contributed by atoms with Crippen molar-refractivity contribution in [2.45, 2.75) is 0 Å². The Morgan fingerprint density at radius 3 is 2.69 bits per heavy atom. The van der Waals surface area contributed by atoms with Crippen LogP contribution in [0.1, 0.15) is 16.1 Å². The standard InChI is InChI=1S/C11H6F2N2O/c12-8-3-1-2-7(10(8)13)11(16)9-4-5-14-6-15-9/h1-6H. The van der Waals surface area contributed by atoms with E-state index >= 15 is 0 Å². The quantitative estimate of drug-likeness (QED) is 0.727. The van der Waals surface area contributed by atoms with Crippen LogP contribution in [0.15, 0.2) is 36.8 Å². The van der Waals surface area contributed by atoms with Gasteiger partial charge in [-0.25, -0.2) is 18.7 Å². The minimum atomic E-state index is -1.16. The predicted molar refractivity (Wildman–Crippen MR) is 51.8 cm³/mol. The lowest BCUT2D eigenvalue weighted by Gasteiger charge is -2.01. The van der Waals surface area contributed by atoms with Gasteiger partial charge in [0, 0.05) is 6.20 Å². The Kier molecular flexibility index (Phi) is 2.68. The fraction of sp³-hybridized carbons (Fsp3) is 0. The molecule has 0 fully saturated rings. The Labute approximate surface area is 89.8 Å². The molecule has 1 heterocycles. The lowest BCUT2D eigenvalue weighted by Crippen LogP contribution is -2.07. The highest BCUT2D eigenvalue weighted by Gasteiger charge is 2.17. The number of carbonyl (C=O) groups is 1. The number of hydrogen-bond acceptors (Lipinski definition) is 3. The summed E-state index contributed by atoms with van der Waals surface area (Å²) in [6.07, 6.45) is 2.53. The van der Waals surface area contributed by atoms with Gasteiger partial charge in [0.15, 0.2) is 11.6 Å². The van der Waals surface area contributed by atoms with E-state index in [4.69, 9.17) is 0 Å². The van der Waals surface area contributed by atoms with Crippen LogP contribution >= 0.6 is 0 Å². The van der Waals surface area contributed by atoms with Gasteiger partial charge in [0.05, 0.1) is 5.56 Å². The molecular weight excluding hydrogens is 214 g/mol.